The summed E-state index contributed by atoms with van der Waals surface area (Å²) in [6, 6.07) is 0.108. The Balaban J connectivity index is 2.13. The third-order valence-corrected chi connectivity index (χ3v) is 5.42. The van der Waals surface area contributed by atoms with Crippen LogP contribution in [0.5, 0.6) is 0 Å². The lowest BCUT2D eigenvalue weighted by Crippen LogP contribution is -2.54. The highest BCUT2D eigenvalue weighted by atomic mass is 16.5. The molecule has 2 aliphatic rings. The second-order valence-corrected chi connectivity index (χ2v) is 7.52. The van der Waals surface area contributed by atoms with Gasteiger partial charge in [0.2, 0.25) is 0 Å². The molecule has 1 atom stereocenters. The first-order chi connectivity index (χ1) is 9.49. The molecule has 2 nitrogen and oxygen atoms in total. The third-order valence-electron chi connectivity index (χ3n) is 5.42. The Bertz CT molecular complexity index is 335. The summed E-state index contributed by atoms with van der Waals surface area (Å²) in [6.45, 7) is 7.63. The molecule has 2 heteroatoms. The number of rotatable bonds is 4. The van der Waals surface area contributed by atoms with Crippen LogP contribution in [0.2, 0.25) is 0 Å². The van der Waals surface area contributed by atoms with Crippen molar-refractivity contribution in [3.63, 3.8) is 0 Å². The standard InChI is InChI=1S/C18H33NO/c1-4-20-18(13-11-17(2,3)12-14-18)16(19)15-9-7-5-6-8-10-15/h9,16H,4-8,10-14,19H2,1-3H3. The zero-order valence-corrected chi connectivity index (χ0v) is 13.7. The molecule has 0 aromatic rings. The molecular weight excluding hydrogens is 246 g/mol. The van der Waals surface area contributed by atoms with Crippen LogP contribution in [0.25, 0.3) is 0 Å². The molecule has 2 N–H and O–H groups in total. The van der Waals surface area contributed by atoms with E-state index in [0.29, 0.717) is 5.41 Å². The van der Waals surface area contributed by atoms with Crippen molar-refractivity contribution in [1.82, 2.24) is 0 Å². The van der Waals surface area contributed by atoms with E-state index in [-0.39, 0.29) is 11.6 Å². The maximum Gasteiger partial charge on any atom is 0.0871 e. The van der Waals surface area contributed by atoms with E-state index >= 15 is 0 Å². The molecule has 1 saturated carbocycles. The third kappa shape index (κ3) is 3.65. The molecule has 0 spiro atoms. The summed E-state index contributed by atoms with van der Waals surface area (Å²) in [6.07, 6.45) is 13.5. The SMILES string of the molecule is CCOC1(C(N)C2=CCCCCC2)CCC(C)(C)CC1. The second-order valence-electron chi connectivity index (χ2n) is 7.52. The van der Waals surface area contributed by atoms with Gasteiger partial charge >= 0.3 is 0 Å². The van der Waals surface area contributed by atoms with Crippen molar-refractivity contribution in [2.24, 2.45) is 11.1 Å². The van der Waals surface area contributed by atoms with E-state index in [9.17, 15) is 0 Å². The van der Waals surface area contributed by atoms with E-state index in [2.05, 4.69) is 26.8 Å². The van der Waals surface area contributed by atoms with Crippen LogP contribution in [0.4, 0.5) is 0 Å². The van der Waals surface area contributed by atoms with Gasteiger partial charge in [-0.2, -0.15) is 0 Å². The second kappa shape index (κ2) is 6.62. The highest BCUT2D eigenvalue weighted by Crippen LogP contribution is 2.45. The van der Waals surface area contributed by atoms with Gasteiger partial charge in [-0.05, 0) is 63.7 Å². The van der Waals surface area contributed by atoms with Crippen LogP contribution in [0.1, 0.15) is 78.6 Å². The first-order valence-electron chi connectivity index (χ1n) is 8.58. The van der Waals surface area contributed by atoms with Crippen molar-refractivity contribution in [3.05, 3.63) is 11.6 Å². The predicted molar refractivity (Wildman–Crippen MR) is 85.7 cm³/mol. The smallest absolute Gasteiger partial charge is 0.0871 e. The minimum absolute atomic E-state index is 0.0968. The summed E-state index contributed by atoms with van der Waals surface area (Å²) in [4.78, 5) is 0. The zero-order valence-electron chi connectivity index (χ0n) is 13.7. The molecular formula is C18H33NO. The lowest BCUT2D eigenvalue weighted by Gasteiger charge is -2.47. The van der Waals surface area contributed by atoms with E-state index in [1.807, 2.05) is 0 Å². The molecule has 0 radical (unpaired) electrons. The van der Waals surface area contributed by atoms with Gasteiger partial charge in [0.05, 0.1) is 11.6 Å². The molecule has 20 heavy (non-hydrogen) atoms. The summed E-state index contributed by atoms with van der Waals surface area (Å²) in [5.74, 6) is 0. The van der Waals surface area contributed by atoms with E-state index in [1.165, 1.54) is 50.5 Å². The van der Waals surface area contributed by atoms with Gasteiger partial charge in [-0.15, -0.1) is 0 Å². The van der Waals surface area contributed by atoms with Crippen molar-refractivity contribution in [2.45, 2.75) is 90.2 Å². The summed E-state index contributed by atoms with van der Waals surface area (Å²) < 4.78 is 6.25. The summed E-state index contributed by atoms with van der Waals surface area (Å²) in [5, 5.41) is 0. The predicted octanol–water partition coefficient (Wildman–Crippen LogP) is 4.58. The van der Waals surface area contributed by atoms with E-state index in [0.717, 1.165) is 19.4 Å². The number of hydrogen-bond acceptors (Lipinski definition) is 2. The van der Waals surface area contributed by atoms with Gasteiger partial charge in [-0.25, -0.2) is 0 Å². The minimum atomic E-state index is -0.0968. The van der Waals surface area contributed by atoms with E-state index in [4.69, 9.17) is 10.5 Å². The highest BCUT2D eigenvalue weighted by molar-refractivity contribution is 5.19. The molecule has 116 valence electrons. The molecule has 2 rings (SSSR count). The highest BCUT2D eigenvalue weighted by Gasteiger charge is 2.44. The van der Waals surface area contributed by atoms with Gasteiger partial charge in [-0.1, -0.05) is 31.9 Å². The van der Waals surface area contributed by atoms with E-state index in [1.54, 1.807) is 0 Å². The molecule has 1 unspecified atom stereocenters. The number of nitrogens with two attached hydrogens (primary N) is 1. The van der Waals surface area contributed by atoms with Gasteiger partial charge in [0.15, 0.2) is 0 Å². The largest absolute Gasteiger partial charge is 0.373 e. The molecule has 2 aliphatic carbocycles. The van der Waals surface area contributed by atoms with Crippen molar-refractivity contribution in [2.75, 3.05) is 6.61 Å². The Morgan fingerprint density at radius 3 is 2.50 bits per heavy atom. The van der Waals surface area contributed by atoms with Crippen molar-refractivity contribution < 1.29 is 4.74 Å². The maximum atomic E-state index is 6.71. The lowest BCUT2D eigenvalue weighted by atomic mass is 9.67. The number of ether oxygens (including phenoxy) is 1. The fourth-order valence-corrected chi connectivity index (χ4v) is 3.84. The zero-order chi connectivity index (χ0) is 14.6. The van der Waals surface area contributed by atoms with Crippen molar-refractivity contribution >= 4 is 0 Å². The molecule has 0 aromatic carbocycles. The average Bonchev–Trinajstić information content (AvgIpc) is 2.70. The molecule has 0 saturated heterocycles. The fraction of sp³-hybridized carbons (Fsp3) is 0.889. The first-order valence-corrected chi connectivity index (χ1v) is 8.58. The molecule has 0 amide bonds. The van der Waals surface area contributed by atoms with Crippen LogP contribution >= 0.6 is 0 Å². The Labute approximate surface area is 125 Å². The maximum absolute atomic E-state index is 6.71. The molecule has 0 aromatic heterocycles. The number of hydrogen-bond donors (Lipinski definition) is 1. The Morgan fingerprint density at radius 2 is 1.85 bits per heavy atom. The first kappa shape index (κ1) is 16.0. The monoisotopic (exact) mass is 279 g/mol. The summed E-state index contributed by atoms with van der Waals surface area (Å²) in [5.41, 5.74) is 8.54. The van der Waals surface area contributed by atoms with Crippen LogP contribution in [0.3, 0.4) is 0 Å². The van der Waals surface area contributed by atoms with Crippen molar-refractivity contribution in [3.8, 4) is 0 Å². The van der Waals surface area contributed by atoms with Gasteiger partial charge in [-0.3, -0.25) is 0 Å². The molecule has 0 bridgehead atoms. The van der Waals surface area contributed by atoms with Crippen molar-refractivity contribution in [1.29, 1.82) is 0 Å². The van der Waals surface area contributed by atoms with Crippen LogP contribution in [-0.2, 0) is 4.74 Å². The van der Waals surface area contributed by atoms with Crippen LogP contribution in [-0.4, -0.2) is 18.2 Å². The minimum Gasteiger partial charge on any atom is -0.373 e. The quantitative estimate of drug-likeness (QED) is 0.764. The van der Waals surface area contributed by atoms with Gasteiger partial charge in [0.25, 0.3) is 0 Å². The number of allylic oxidation sites excluding steroid dienone is 1. The van der Waals surface area contributed by atoms with Gasteiger partial charge < -0.3 is 10.5 Å². The average molecular weight is 279 g/mol. The van der Waals surface area contributed by atoms with Crippen LogP contribution in [0.15, 0.2) is 11.6 Å². The normalized spacial score (nSPS) is 27.5. The Kier molecular flexibility index (Phi) is 5.30. The van der Waals surface area contributed by atoms with E-state index < -0.39 is 0 Å². The molecule has 0 aliphatic heterocycles. The fourth-order valence-electron chi connectivity index (χ4n) is 3.84. The van der Waals surface area contributed by atoms with Crippen LogP contribution in [0, 0.1) is 5.41 Å². The Morgan fingerprint density at radius 1 is 1.15 bits per heavy atom. The molecule has 1 fully saturated rings. The topological polar surface area (TPSA) is 35.2 Å². The van der Waals surface area contributed by atoms with Crippen LogP contribution < -0.4 is 5.73 Å². The summed E-state index contributed by atoms with van der Waals surface area (Å²) in [7, 11) is 0. The van der Waals surface area contributed by atoms with Gasteiger partial charge in [0, 0.05) is 6.61 Å². The van der Waals surface area contributed by atoms with Gasteiger partial charge in [0.1, 0.15) is 0 Å². The Hall–Kier alpha value is -0.340. The summed E-state index contributed by atoms with van der Waals surface area (Å²) >= 11 is 0. The lowest BCUT2D eigenvalue weighted by molar-refractivity contribution is -0.0927. The molecule has 0 heterocycles.